The molecule has 0 radical (unpaired) electrons. The Kier molecular flexibility index (Phi) is 5.01. The molecule has 2 aromatic rings. The number of nitrogens with two attached hydrogens (primary N) is 1. The summed E-state index contributed by atoms with van der Waals surface area (Å²) in [4.78, 5) is 2.37. The standard InChI is InChI=1S/C17H22N2O2S/c1-13-6-4-5-7-16(13)12-19(3)14(2)15-8-10-17(11-9-15)22(18,20)21/h4-11,14H,12H2,1-3H3,(H2,18,20,21)/t14-/m1/s1. The molecule has 0 aliphatic heterocycles. The Balaban J connectivity index is 2.14. The number of sulfonamides is 1. The molecule has 0 aromatic heterocycles. The fourth-order valence-electron chi connectivity index (χ4n) is 2.38. The van der Waals surface area contributed by atoms with E-state index in [4.69, 9.17) is 5.14 Å². The van der Waals surface area contributed by atoms with Crippen LogP contribution in [-0.2, 0) is 16.6 Å². The third-order valence-electron chi connectivity index (χ3n) is 4.03. The molecule has 2 aromatic carbocycles. The highest BCUT2D eigenvalue weighted by Gasteiger charge is 2.14. The van der Waals surface area contributed by atoms with Crippen molar-refractivity contribution in [1.29, 1.82) is 0 Å². The SMILES string of the molecule is Cc1ccccc1CN(C)[C@H](C)c1ccc(S(N)(=O)=O)cc1. The van der Waals surface area contributed by atoms with Crippen molar-refractivity contribution in [3.63, 3.8) is 0 Å². The van der Waals surface area contributed by atoms with E-state index < -0.39 is 10.0 Å². The van der Waals surface area contributed by atoms with Crippen LogP contribution in [0, 0.1) is 6.92 Å². The van der Waals surface area contributed by atoms with Crippen molar-refractivity contribution in [2.24, 2.45) is 5.14 Å². The Morgan fingerprint density at radius 2 is 1.68 bits per heavy atom. The van der Waals surface area contributed by atoms with E-state index in [0.717, 1.165) is 12.1 Å². The van der Waals surface area contributed by atoms with E-state index in [1.807, 2.05) is 24.3 Å². The van der Waals surface area contributed by atoms with Gasteiger partial charge in [0.1, 0.15) is 0 Å². The number of hydrogen-bond donors (Lipinski definition) is 1. The van der Waals surface area contributed by atoms with Gasteiger partial charge in [0.15, 0.2) is 0 Å². The third kappa shape index (κ3) is 3.94. The van der Waals surface area contributed by atoms with Gasteiger partial charge in [-0.2, -0.15) is 0 Å². The molecule has 118 valence electrons. The number of aryl methyl sites for hydroxylation is 1. The first-order chi connectivity index (χ1) is 10.3. The lowest BCUT2D eigenvalue weighted by Crippen LogP contribution is -2.22. The van der Waals surface area contributed by atoms with Crippen molar-refractivity contribution in [3.05, 3.63) is 65.2 Å². The fourth-order valence-corrected chi connectivity index (χ4v) is 2.90. The minimum absolute atomic E-state index is 0.144. The molecule has 0 saturated heterocycles. The normalized spacial score (nSPS) is 13.3. The van der Waals surface area contributed by atoms with Crippen LogP contribution in [0.25, 0.3) is 0 Å². The quantitative estimate of drug-likeness (QED) is 0.922. The van der Waals surface area contributed by atoms with Crippen LogP contribution in [0.15, 0.2) is 53.4 Å². The second-order valence-corrected chi connectivity index (χ2v) is 7.19. The molecule has 0 unspecified atom stereocenters. The van der Waals surface area contributed by atoms with Gasteiger partial charge in [-0.1, -0.05) is 36.4 Å². The van der Waals surface area contributed by atoms with Crippen LogP contribution in [0.1, 0.15) is 29.7 Å². The Bertz CT molecular complexity index is 740. The van der Waals surface area contributed by atoms with E-state index in [2.05, 4.69) is 37.9 Å². The number of rotatable bonds is 5. The maximum absolute atomic E-state index is 11.3. The van der Waals surface area contributed by atoms with Crippen LogP contribution in [0.4, 0.5) is 0 Å². The van der Waals surface area contributed by atoms with Gasteiger partial charge in [0.05, 0.1) is 4.90 Å². The van der Waals surface area contributed by atoms with Crippen molar-refractivity contribution < 1.29 is 8.42 Å². The molecule has 0 amide bonds. The smallest absolute Gasteiger partial charge is 0.238 e. The number of benzene rings is 2. The van der Waals surface area contributed by atoms with Crippen molar-refractivity contribution in [1.82, 2.24) is 4.90 Å². The Morgan fingerprint density at radius 1 is 1.09 bits per heavy atom. The highest BCUT2D eigenvalue weighted by molar-refractivity contribution is 7.89. The fraction of sp³-hybridized carbons (Fsp3) is 0.294. The lowest BCUT2D eigenvalue weighted by atomic mass is 10.0. The minimum atomic E-state index is -3.63. The second kappa shape index (κ2) is 6.60. The summed E-state index contributed by atoms with van der Waals surface area (Å²) in [6, 6.07) is 15.2. The molecule has 4 nitrogen and oxygen atoms in total. The maximum Gasteiger partial charge on any atom is 0.238 e. The molecule has 5 heteroatoms. The van der Waals surface area contributed by atoms with E-state index in [9.17, 15) is 8.42 Å². The minimum Gasteiger partial charge on any atom is -0.295 e. The van der Waals surface area contributed by atoms with Gasteiger partial charge in [0.2, 0.25) is 10.0 Å². The average molecular weight is 318 g/mol. The molecule has 2 N–H and O–H groups in total. The summed E-state index contributed by atoms with van der Waals surface area (Å²) < 4.78 is 22.6. The van der Waals surface area contributed by atoms with E-state index in [1.165, 1.54) is 11.1 Å². The van der Waals surface area contributed by atoms with Crippen LogP contribution in [-0.4, -0.2) is 20.4 Å². The molecule has 0 aliphatic rings. The Labute approximate surface area is 132 Å². The first-order valence-corrected chi connectivity index (χ1v) is 8.71. The summed E-state index contributed by atoms with van der Waals surface area (Å²) in [6.45, 7) is 5.05. The molecular weight excluding hydrogens is 296 g/mol. The first kappa shape index (κ1) is 16.7. The van der Waals surface area contributed by atoms with Crippen LogP contribution >= 0.6 is 0 Å². The van der Waals surface area contributed by atoms with Crippen molar-refractivity contribution in [3.8, 4) is 0 Å². The van der Waals surface area contributed by atoms with Crippen molar-refractivity contribution in [2.75, 3.05) is 7.05 Å². The summed E-state index contributed by atoms with van der Waals surface area (Å²) in [5, 5.41) is 5.12. The molecule has 22 heavy (non-hydrogen) atoms. The van der Waals surface area contributed by atoms with Gasteiger partial charge in [-0.05, 0) is 49.7 Å². The van der Waals surface area contributed by atoms with Gasteiger partial charge < -0.3 is 0 Å². The number of primary sulfonamides is 1. The Morgan fingerprint density at radius 3 is 2.23 bits per heavy atom. The van der Waals surface area contributed by atoms with Gasteiger partial charge in [-0.25, -0.2) is 13.6 Å². The molecule has 0 fully saturated rings. The monoisotopic (exact) mass is 318 g/mol. The molecule has 0 heterocycles. The lowest BCUT2D eigenvalue weighted by molar-refractivity contribution is 0.252. The topological polar surface area (TPSA) is 63.4 Å². The van der Waals surface area contributed by atoms with Gasteiger partial charge in [-0.3, -0.25) is 4.90 Å². The second-order valence-electron chi connectivity index (χ2n) is 5.63. The molecule has 2 rings (SSSR count). The van der Waals surface area contributed by atoms with Crippen molar-refractivity contribution in [2.45, 2.75) is 31.3 Å². The predicted molar refractivity (Wildman–Crippen MR) is 88.9 cm³/mol. The van der Waals surface area contributed by atoms with Gasteiger partial charge in [-0.15, -0.1) is 0 Å². The third-order valence-corrected chi connectivity index (χ3v) is 4.96. The number of nitrogens with zero attached hydrogens (tertiary/aromatic N) is 1. The highest BCUT2D eigenvalue weighted by Crippen LogP contribution is 2.22. The van der Waals surface area contributed by atoms with Crippen LogP contribution in [0.5, 0.6) is 0 Å². The molecular formula is C17H22N2O2S. The summed E-state index contributed by atoms with van der Waals surface area (Å²) in [5.41, 5.74) is 3.62. The molecule has 0 bridgehead atoms. The van der Waals surface area contributed by atoms with Gasteiger partial charge in [0.25, 0.3) is 0 Å². The molecule has 0 saturated carbocycles. The van der Waals surface area contributed by atoms with Crippen LogP contribution in [0.3, 0.4) is 0 Å². The lowest BCUT2D eigenvalue weighted by Gasteiger charge is -2.26. The zero-order chi connectivity index (χ0) is 16.3. The molecule has 1 atom stereocenters. The van der Waals surface area contributed by atoms with Crippen molar-refractivity contribution >= 4 is 10.0 Å². The molecule has 0 aliphatic carbocycles. The Hall–Kier alpha value is -1.69. The van der Waals surface area contributed by atoms with Gasteiger partial charge in [0, 0.05) is 12.6 Å². The average Bonchev–Trinajstić information content (AvgIpc) is 2.48. The highest BCUT2D eigenvalue weighted by atomic mass is 32.2. The van der Waals surface area contributed by atoms with E-state index in [-0.39, 0.29) is 10.9 Å². The predicted octanol–water partition coefficient (Wildman–Crippen LogP) is 2.84. The van der Waals surface area contributed by atoms with Gasteiger partial charge >= 0.3 is 0 Å². The van der Waals surface area contributed by atoms with E-state index >= 15 is 0 Å². The van der Waals surface area contributed by atoms with E-state index in [0.29, 0.717) is 0 Å². The van der Waals surface area contributed by atoms with Crippen LogP contribution < -0.4 is 5.14 Å². The van der Waals surface area contributed by atoms with Crippen LogP contribution in [0.2, 0.25) is 0 Å². The summed E-state index contributed by atoms with van der Waals surface area (Å²) >= 11 is 0. The zero-order valence-corrected chi connectivity index (χ0v) is 14.0. The summed E-state index contributed by atoms with van der Waals surface area (Å²) in [7, 11) is -1.57. The summed E-state index contributed by atoms with van der Waals surface area (Å²) in [5.74, 6) is 0. The molecule has 0 spiro atoms. The summed E-state index contributed by atoms with van der Waals surface area (Å²) in [6.07, 6.45) is 0. The largest absolute Gasteiger partial charge is 0.295 e. The number of hydrogen-bond acceptors (Lipinski definition) is 3. The first-order valence-electron chi connectivity index (χ1n) is 7.16. The zero-order valence-electron chi connectivity index (χ0n) is 13.2. The van der Waals surface area contributed by atoms with E-state index in [1.54, 1.807) is 12.1 Å². The maximum atomic E-state index is 11.3.